The zero-order chi connectivity index (χ0) is 12.2. The van der Waals surface area contributed by atoms with Crippen LogP contribution in [0.2, 0.25) is 0 Å². The monoisotopic (exact) mass is 319 g/mol. The highest BCUT2D eigenvalue weighted by Crippen LogP contribution is 2.26. The molecule has 1 rings (SSSR count). The van der Waals surface area contributed by atoms with Crippen LogP contribution in [-0.4, -0.2) is 26.2 Å². The molecule has 1 aromatic rings. The second kappa shape index (κ2) is 5.71. The maximum Gasteiger partial charge on any atom is 0.148 e. The lowest BCUT2D eigenvalue weighted by molar-refractivity contribution is 0.603. The molecule has 0 saturated carbocycles. The number of thioether (sulfide) groups is 1. The molecular formula is C10H10BrNO2S2. The molecule has 3 nitrogen and oxygen atoms in total. The van der Waals surface area contributed by atoms with Gasteiger partial charge in [-0.1, -0.05) is 15.9 Å². The van der Waals surface area contributed by atoms with Crippen molar-refractivity contribution in [2.75, 3.05) is 17.8 Å². The van der Waals surface area contributed by atoms with E-state index in [9.17, 15) is 8.42 Å². The van der Waals surface area contributed by atoms with Crippen molar-refractivity contribution >= 4 is 37.5 Å². The van der Waals surface area contributed by atoms with Gasteiger partial charge in [0, 0.05) is 21.4 Å². The first kappa shape index (κ1) is 13.6. The van der Waals surface area contributed by atoms with E-state index in [1.165, 1.54) is 18.0 Å². The summed E-state index contributed by atoms with van der Waals surface area (Å²) in [6.45, 7) is 0. The quantitative estimate of drug-likeness (QED) is 0.800. The van der Waals surface area contributed by atoms with Crippen LogP contribution < -0.4 is 0 Å². The van der Waals surface area contributed by atoms with E-state index in [0.717, 1.165) is 9.37 Å². The number of rotatable bonds is 4. The normalized spacial score (nSPS) is 11.1. The molecular weight excluding hydrogens is 310 g/mol. The highest BCUT2D eigenvalue weighted by atomic mass is 79.9. The zero-order valence-corrected chi connectivity index (χ0v) is 11.8. The van der Waals surface area contributed by atoms with Crippen LogP contribution in [0.5, 0.6) is 0 Å². The van der Waals surface area contributed by atoms with Crippen LogP contribution in [0.3, 0.4) is 0 Å². The summed E-state index contributed by atoms with van der Waals surface area (Å²) in [6.07, 6.45) is 1.21. The smallest absolute Gasteiger partial charge is 0.148 e. The third kappa shape index (κ3) is 4.56. The molecule has 0 N–H and O–H groups in total. The van der Waals surface area contributed by atoms with Crippen LogP contribution in [0, 0.1) is 11.3 Å². The van der Waals surface area contributed by atoms with Crippen LogP contribution in [0.15, 0.2) is 27.6 Å². The Morgan fingerprint density at radius 1 is 1.50 bits per heavy atom. The van der Waals surface area contributed by atoms with Crippen molar-refractivity contribution in [2.24, 2.45) is 0 Å². The molecule has 0 fully saturated rings. The Morgan fingerprint density at radius 2 is 2.19 bits per heavy atom. The summed E-state index contributed by atoms with van der Waals surface area (Å²) in [7, 11) is -2.94. The molecule has 86 valence electrons. The fourth-order valence-electron chi connectivity index (χ4n) is 1.01. The lowest BCUT2D eigenvalue weighted by Crippen LogP contribution is -2.05. The van der Waals surface area contributed by atoms with Crippen LogP contribution >= 0.6 is 27.7 Å². The lowest BCUT2D eigenvalue weighted by atomic mass is 10.2. The fraction of sp³-hybridized carbons (Fsp3) is 0.300. The SMILES string of the molecule is CS(=O)(=O)CCSc1cc(Br)ccc1C#N. The molecule has 0 unspecified atom stereocenters. The van der Waals surface area contributed by atoms with Gasteiger partial charge in [-0.2, -0.15) is 5.26 Å². The molecule has 0 radical (unpaired) electrons. The molecule has 0 aliphatic heterocycles. The van der Waals surface area contributed by atoms with E-state index in [2.05, 4.69) is 22.0 Å². The molecule has 0 heterocycles. The number of sulfone groups is 1. The largest absolute Gasteiger partial charge is 0.229 e. The highest BCUT2D eigenvalue weighted by Gasteiger charge is 2.06. The number of nitrogens with zero attached hydrogens (tertiary/aromatic N) is 1. The standard InChI is InChI=1S/C10H10BrNO2S2/c1-16(13,14)5-4-15-10-6-9(11)3-2-8(10)7-12/h2-3,6H,4-5H2,1H3. The Labute approximate surface area is 108 Å². The van der Waals surface area contributed by atoms with Gasteiger partial charge in [0.15, 0.2) is 0 Å². The Hall–Kier alpha value is -0.510. The van der Waals surface area contributed by atoms with Crippen molar-refractivity contribution in [2.45, 2.75) is 4.90 Å². The second-order valence-electron chi connectivity index (χ2n) is 3.23. The number of hydrogen-bond donors (Lipinski definition) is 0. The summed E-state index contributed by atoms with van der Waals surface area (Å²) in [5.74, 6) is 0.582. The van der Waals surface area contributed by atoms with Crippen molar-refractivity contribution in [3.8, 4) is 6.07 Å². The number of nitriles is 1. The minimum Gasteiger partial charge on any atom is -0.229 e. The van der Waals surface area contributed by atoms with Crippen molar-refractivity contribution in [1.29, 1.82) is 5.26 Å². The Morgan fingerprint density at radius 3 is 2.75 bits per heavy atom. The number of benzene rings is 1. The van der Waals surface area contributed by atoms with Gasteiger partial charge in [-0.25, -0.2) is 8.42 Å². The van der Waals surface area contributed by atoms with Crippen LogP contribution in [0.25, 0.3) is 0 Å². The van der Waals surface area contributed by atoms with E-state index in [1.807, 2.05) is 6.07 Å². The number of halogens is 1. The van der Waals surface area contributed by atoms with Gasteiger partial charge in [0.1, 0.15) is 15.9 Å². The van der Waals surface area contributed by atoms with Gasteiger partial charge >= 0.3 is 0 Å². The molecule has 0 aliphatic rings. The first-order chi connectivity index (χ1) is 7.42. The van der Waals surface area contributed by atoms with Gasteiger partial charge in [-0.05, 0) is 18.2 Å². The molecule has 0 aliphatic carbocycles. The van der Waals surface area contributed by atoms with Gasteiger partial charge in [0.05, 0.1) is 11.3 Å². The van der Waals surface area contributed by atoms with E-state index in [-0.39, 0.29) is 5.75 Å². The topological polar surface area (TPSA) is 57.9 Å². The predicted octanol–water partition coefficient (Wildman–Crippen LogP) is 2.46. The Bertz CT molecular complexity index is 520. The zero-order valence-electron chi connectivity index (χ0n) is 8.60. The summed E-state index contributed by atoms with van der Waals surface area (Å²) < 4.78 is 22.8. The molecule has 0 spiro atoms. The lowest BCUT2D eigenvalue weighted by Gasteiger charge is -2.03. The minimum absolute atomic E-state index is 0.120. The summed E-state index contributed by atoms with van der Waals surface area (Å²) >= 11 is 4.70. The maximum absolute atomic E-state index is 11.0. The summed E-state index contributed by atoms with van der Waals surface area (Å²) in [4.78, 5) is 0.806. The molecule has 0 bridgehead atoms. The number of hydrogen-bond acceptors (Lipinski definition) is 4. The molecule has 0 amide bonds. The highest BCUT2D eigenvalue weighted by molar-refractivity contribution is 9.10. The van der Waals surface area contributed by atoms with Crippen LogP contribution in [0.4, 0.5) is 0 Å². The van der Waals surface area contributed by atoms with Gasteiger partial charge in [-0.15, -0.1) is 11.8 Å². The van der Waals surface area contributed by atoms with E-state index >= 15 is 0 Å². The Balaban J connectivity index is 2.74. The molecule has 0 atom stereocenters. The van der Waals surface area contributed by atoms with Crippen LogP contribution in [0.1, 0.15) is 5.56 Å². The third-order valence-electron chi connectivity index (χ3n) is 1.78. The van der Waals surface area contributed by atoms with Crippen molar-refractivity contribution in [3.05, 3.63) is 28.2 Å². The molecule has 6 heteroatoms. The molecule has 0 saturated heterocycles. The van der Waals surface area contributed by atoms with Gasteiger partial charge in [-0.3, -0.25) is 0 Å². The first-order valence-electron chi connectivity index (χ1n) is 4.42. The second-order valence-corrected chi connectivity index (χ2v) is 7.54. The van der Waals surface area contributed by atoms with Crippen molar-refractivity contribution in [1.82, 2.24) is 0 Å². The molecule has 0 aromatic heterocycles. The van der Waals surface area contributed by atoms with E-state index in [1.54, 1.807) is 12.1 Å². The Kier molecular flexibility index (Phi) is 4.84. The average Bonchev–Trinajstić information content (AvgIpc) is 2.16. The van der Waals surface area contributed by atoms with Gasteiger partial charge < -0.3 is 0 Å². The van der Waals surface area contributed by atoms with E-state index in [0.29, 0.717) is 11.3 Å². The molecule has 16 heavy (non-hydrogen) atoms. The molecule has 1 aromatic carbocycles. The third-order valence-corrected chi connectivity index (χ3v) is 4.53. The van der Waals surface area contributed by atoms with Crippen molar-refractivity contribution < 1.29 is 8.42 Å². The summed E-state index contributed by atoms with van der Waals surface area (Å²) in [5.41, 5.74) is 0.571. The summed E-state index contributed by atoms with van der Waals surface area (Å²) in [6, 6.07) is 7.41. The van der Waals surface area contributed by atoms with E-state index in [4.69, 9.17) is 5.26 Å². The summed E-state index contributed by atoms with van der Waals surface area (Å²) in [5, 5.41) is 8.87. The maximum atomic E-state index is 11.0. The van der Waals surface area contributed by atoms with Gasteiger partial charge in [0.25, 0.3) is 0 Å². The van der Waals surface area contributed by atoms with Gasteiger partial charge in [0.2, 0.25) is 0 Å². The van der Waals surface area contributed by atoms with Crippen LogP contribution in [-0.2, 0) is 9.84 Å². The average molecular weight is 320 g/mol. The predicted molar refractivity (Wildman–Crippen MR) is 69.3 cm³/mol. The first-order valence-corrected chi connectivity index (χ1v) is 8.26. The minimum atomic E-state index is -2.94. The van der Waals surface area contributed by atoms with Crippen molar-refractivity contribution in [3.63, 3.8) is 0 Å². The van der Waals surface area contributed by atoms with E-state index < -0.39 is 9.84 Å². The fourth-order valence-corrected chi connectivity index (χ4v) is 3.77.